The van der Waals surface area contributed by atoms with Gasteiger partial charge in [0.15, 0.2) is 46.0 Å². The van der Waals surface area contributed by atoms with Gasteiger partial charge in [0.25, 0.3) is 11.4 Å². The van der Waals surface area contributed by atoms with Gasteiger partial charge in [0, 0.05) is 91.8 Å². The molecule has 4 atom stereocenters. The van der Waals surface area contributed by atoms with Crippen LogP contribution in [-0.2, 0) is 93.9 Å². The number of sulfone groups is 4. The average molecular weight is 2060 g/mol. The number of hydrogen-bond donors (Lipinski definition) is 2. The molecule has 0 unspecified atom stereocenters. The summed E-state index contributed by atoms with van der Waals surface area (Å²) in [6.45, 7) is 12.5. The number of nitrogen functional groups attached to an aromatic ring is 1. The molecule has 12 rings (SSSR count). The van der Waals surface area contributed by atoms with Gasteiger partial charge in [-0.05, 0) is 193 Å². The summed E-state index contributed by atoms with van der Waals surface area (Å²) >= 11 is 3.21. The van der Waals surface area contributed by atoms with E-state index in [2.05, 4.69) is 27.0 Å². The minimum absolute atomic E-state index is 0. The van der Waals surface area contributed by atoms with Gasteiger partial charge in [0.2, 0.25) is 0 Å². The Hall–Kier alpha value is -9.90. The average Bonchev–Trinajstić information content (AvgIpc) is 1.61. The van der Waals surface area contributed by atoms with Crippen LogP contribution < -0.4 is 49.3 Å². The smallest absolute Gasteiger partial charge is 0.327 e. The number of nitrogens with two attached hydrogens (primary N) is 1. The van der Waals surface area contributed by atoms with E-state index in [4.69, 9.17) is 57.8 Å². The van der Waals surface area contributed by atoms with Crippen molar-refractivity contribution in [2.45, 2.75) is 90.0 Å². The van der Waals surface area contributed by atoms with E-state index in [-0.39, 0.29) is 92.3 Å². The molecule has 4 heterocycles. The molecule has 3 N–H and O–H groups in total. The van der Waals surface area contributed by atoms with Crippen molar-refractivity contribution in [3.8, 4) is 46.0 Å². The fraction of sp³-hybridized carbons (Fsp3) is 0.391. The molecule has 0 bridgehead atoms. The number of nitro groups is 2. The van der Waals surface area contributed by atoms with Crippen LogP contribution in [0.4, 0.5) is 17.1 Å². The number of benzene rings is 8. The number of aromatic amines is 1. The number of imidazole rings is 1. The van der Waals surface area contributed by atoms with Gasteiger partial charge in [0.1, 0.15) is 39.3 Å². The summed E-state index contributed by atoms with van der Waals surface area (Å²) in [5, 5.41) is 23.6. The zero-order valence-electron chi connectivity index (χ0n) is 73.7. The quantitative estimate of drug-likeness (QED) is 0.0159. The van der Waals surface area contributed by atoms with E-state index in [1.165, 1.54) is 43.1 Å². The van der Waals surface area contributed by atoms with Crippen LogP contribution in [0.2, 0.25) is 0 Å². The van der Waals surface area contributed by atoms with Gasteiger partial charge < -0.3 is 70.2 Å². The van der Waals surface area contributed by atoms with Crippen LogP contribution >= 0.6 is 15.9 Å². The zero-order chi connectivity index (χ0) is 90.9. The Balaban J connectivity index is 0.000000231. The van der Waals surface area contributed by atoms with Crippen LogP contribution in [0.5, 0.6) is 46.0 Å². The van der Waals surface area contributed by atoms with Crippen molar-refractivity contribution >= 4 is 100 Å². The number of nitrogens with zero attached hydrogens (tertiary/aromatic N) is 3. The van der Waals surface area contributed by atoms with Gasteiger partial charge in [-0.2, -0.15) is 0 Å². The Morgan fingerprint density at radius 3 is 1.15 bits per heavy atom. The van der Waals surface area contributed by atoms with Gasteiger partial charge in [-0.3, -0.25) is 24.8 Å². The Morgan fingerprint density at radius 2 is 0.780 bits per heavy atom. The first-order chi connectivity index (χ1) is 59.5. The number of para-hydroxylation sites is 4. The normalized spacial score (nSPS) is 14.3. The molecule has 29 nitrogen and oxygen atoms in total. The molecule has 0 radical (unpaired) electrons. The second-order valence-electron chi connectivity index (χ2n) is 30.1. The minimum atomic E-state index is -3.43. The number of rotatable bonds is 36. The predicted octanol–water partition coefficient (Wildman–Crippen LogP) is 15.8. The largest absolute Gasteiger partial charge is 0.493 e. The molecule has 0 spiro atoms. The SMILES string of the molecule is CCOc1cc([C@@H](CS(C)(=O)=O)n2c(=O)[nH]c3c(C4=CCOCC4)cccc32)ccc1OC.CCOc1cc([C@H](Cc2cccc(Br)c2[N+](=O)[O-])CS(C)(=O)=O)ccc1OC.CCOc1cc([C@H](Cc2cccc(C3=CCOCC3)c2N)CS(C)(=O)=O)ccc1OC.CCOc1cc([C@H](Cc2cccc(C3=CCOCC3)c2[N+](=O)[O-])CS(C)(=O)=O)ccc1OC.[CH3-].[W]. The number of H-pyrrole nitrogens is 1. The summed E-state index contributed by atoms with van der Waals surface area (Å²) in [7, 11) is -7.15. The first kappa shape index (κ1) is 104. The summed E-state index contributed by atoms with van der Waals surface area (Å²) in [5.74, 6) is 2.60. The molecule has 0 aliphatic carbocycles. The van der Waals surface area contributed by atoms with Crippen molar-refractivity contribution < 1.29 is 117 Å². The first-order valence-corrected chi connectivity index (χ1v) is 49.6. The summed E-state index contributed by atoms with van der Waals surface area (Å²) in [5.41, 5.74) is 18.7. The number of ether oxygens (including phenoxy) is 11. The molecule has 3 aliphatic heterocycles. The molecule has 1 aromatic heterocycles. The number of hydrogen-bond acceptors (Lipinski definition) is 25. The molecule has 688 valence electrons. The third kappa shape index (κ3) is 29.6. The number of nitro benzene ring substituents is 2. The van der Waals surface area contributed by atoms with Crippen LogP contribution in [0.3, 0.4) is 0 Å². The molecule has 9 aromatic rings. The van der Waals surface area contributed by atoms with E-state index >= 15 is 0 Å². The standard InChI is InChI=1S/C24H28N2O6S.C24H29NO7S.C24H31NO5S.C19H22BrNO6S.CH3.W/c1-4-32-22-14-17(8-9-21(22)30-2)20(15-33(3,28)29)26-19-7-5-6-18(23(19)25-24(26)27)16-10-12-31-13-11-16;1-4-32-23-15-18(8-9-22(23)30-2)20(16-33(3,28)29)14-19-6-5-7-21(24(19)25(26)27)17-10-12-31-13-11-17;1-4-30-23-15-18(8-9-22(23)28-2)20(16-31(3,26)27)14-19-6-5-7-21(24(19)25)17-10-12-29-13-11-17;1-4-27-18-11-13(8-9-17(18)26-2)15(12-28(3,24)25)10-14-6-5-7-16(20)19(14)21(22)23;;/h5-10,14,20H,4,11-13,15H2,1-3H3,(H,25,27);5-10,15,20H,4,11-14,16H2,1-3H3;5-10,15,20H,4,11-14,16,25H2,1-3H3;5-9,11,15H,4,10,12H2,1-3H3;1H3;/q;;;;-1;/t3*20-;15-;;/m1111../s1. The van der Waals surface area contributed by atoms with E-state index in [1.807, 2.05) is 94.4 Å². The van der Waals surface area contributed by atoms with Crippen LogP contribution in [0.25, 0.3) is 27.8 Å². The molecular formula is C92H113BrN5O24S4W-. The zero-order valence-corrected chi connectivity index (χ0v) is 81.5. The first-order valence-electron chi connectivity index (χ1n) is 40.6. The van der Waals surface area contributed by atoms with Crippen molar-refractivity contribution in [3.05, 3.63) is 262 Å². The number of anilines is 1. The Morgan fingerprint density at radius 1 is 0.449 bits per heavy atom. The summed E-state index contributed by atoms with van der Waals surface area (Å²) in [6.07, 6.45) is 13.7. The number of fused-ring (bicyclic) bond motifs is 1. The van der Waals surface area contributed by atoms with Gasteiger partial charge in [-0.15, -0.1) is 0 Å². The van der Waals surface area contributed by atoms with E-state index in [1.54, 1.807) is 105 Å². The Labute approximate surface area is 767 Å². The fourth-order valence-corrected chi connectivity index (χ4v) is 20.0. The second kappa shape index (κ2) is 48.5. The summed E-state index contributed by atoms with van der Waals surface area (Å²) < 4.78 is 160. The van der Waals surface area contributed by atoms with Gasteiger partial charge >= 0.3 is 5.69 Å². The van der Waals surface area contributed by atoms with Crippen molar-refractivity contribution in [2.24, 2.45) is 0 Å². The maximum atomic E-state index is 13.2. The van der Waals surface area contributed by atoms with Crippen molar-refractivity contribution in [3.63, 3.8) is 0 Å². The van der Waals surface area contributed by atoms with Gasteiger partial charge in [-0.1, -0.05) is 97.1 Å². The molecule has 3 aliphatic rings. The predicted molar refractivity (Wildman–Crippen MR) is 497 cm³/mol. The topological polar surface area (TPSA) is 388 Å². The molecule has 0 saturated carbocycles. The molecule has 0 fully saturated rings. The van der Waals surface area contributed by atoms with E-state index in [0.717, 1.165) is 58.1 Å². The number of nitrogens with one attached hydrogen (secondary N) is 1. The molecule has 35 heteroatoms. The third-order valence-electron chi connectivity index (χ3n) is 20.9. The van der Waals surface area contributed by atoms with E-state index in [9.17, 15) is 58.7 Å². The van der Waals surface area contributed by atoms with Gasteiger partial charge in [0.05, 0.1) is 154 Å². The van der Waals surface area contributed by atoms with Crippen molar-refractivity contribution in [1.82, 2.24) is 9.55 Å². The molecular weight excluding hydrogens is 1950 g/mol. The summed E-state index contributed by atoms with van der Waals surface area (Å²) in [4.78, 5) is 38.9. The maximum absolute atomic E-state index is 13.2. The van der Waals surface area contributed by atoms with Crippen LogP contribution in [0, 0.1) is 27.7 Å². The molecule has 127 heavy (non-hydrogen) atoms. The maximum Gasteiger partial charge on any atom is 0.327 e. The Kier molecular flexibility index (Phi) is 39.8. The van der Waals surface area contributed by atoms with E-state index in [0.29, 0.717) is 174 Å². The fourth-order valence-electron chi connectivity index (χ4n) is 15.4. The molecule has 8 aromatic carbocycles. The van der Waals surface area contributed by atoms with Crippen molar-refractivity contribution in [2.75, 3.05) is 148 Å². The Bertz CT molecular complexity index is 5940. The second-order valence-corrected chi connectivity index (χ2v) is 39.7. The number of methoxy groups -OCH3 is 4. The molecule has 0 amide bonds. The van der Waals surface area contributed by atoms with E-state index < -0.39 is 62.1 Å². The van der Waals surface area contributed by atoms with Crippen LogP contribution in [0.1, 0.15) is 126 Å². The number of halogens is 1. The molecule has 0 saturated heterocycles. The van der Waals surface area contributed by atoms with Crippen LogP contribution in [0.15, 0.2) is 173 Å². The van der Waals surface area contributed by atoms with Crippen LogP contribution in [-0.4, -0.2) is 196 Å². The monoisotopic (exact) mass is 2060 g/mol. The van der Waals surface area contributed by atoms with Crippen molar-refractivity contribution in [1.29, 1.82) is 0 Å². The number of aromatic nitrogens is 2. The minimum Gasteiger partial charge on any atom is -0.493 e. The summed E-state index contributed by atoms with van der Waals surface area (Å²) in [6, 6.07) is 42.4. The van der Waals surface area contributed by atoms with Gasteiger partial charge in [-0.25, -0.2) is 38.5 Å². The third-order valence-corrected chi connectivity index (χ3v) is 25.4.